The predicted molar refractivity (Wildman–Crippen MR) is 103 cm³/mol. The Bertz CT molecular complexity index is 936. The number of amides is 1. The summed E-state index contributed by atoms with van der Waals surface area (Å²) in [6.07, 6.45) is 10.4. The van der Waals surface area contributed by atoms with Crippen molar-refractivity contribution in [1.82, 2.24) is 19.4 Å². The Kier molecular flexibility index (Phi) is 4.34. The van der Waals surface area contributed by atoms with Crippen molar-refractivity contribution in [2.45, 2.75) is 50.7 Å². The van der Waals surface area contributed by atoms with Crippen LogP contribution in [0.1, 0.15) is 53.3 Å². The lowest BCUT2D eigenvalue weighted by Crippen LogP contribution is -2.35. The lowest BCUT2D eigenvalue weighted by atomic mass is 9.77. The van der Waals surface area contributed by atoms with E-state index in [1.165, 1.54) is 0 Å². The summed E-state index contributed by atoms with van der Waals surface area (Å²) in [6.45, 7) is 1.27. The predicted octanol–water partition coefficient (Wildman–Crippen LogP) is 1.53. The number of H-pyrrole nitrogens is 1. The molecule has 0 spiro atoms. The summed E-state index contributed by atoms with van der Waals surface area (Å²) in [6, 6.07) is 1.83. The molecular formula is C21H26N4O3. The molecule has 0 unspecified atom stereocenters. The molecule has 3 heterocycles. The van der Waals surface area contributed by atoms with Crippen LogP contribution in [0.15, 0.2) is 29.6 Å². The Morgan fingerprint density at radius 3 is 2.75 bits per heavy atom. The van der Waals surface area contributed by atoms with Gasteiger partial charge in [-0.05, 0) is 62.0 Å². The van der Waals surface area contributed by atoms with E-state index in [9.17, 15) is 14.7 Å². The number of aryl methyl sites for hydroxylation is 2. The number of fused-ring (bicyclic) bond motifs is 2. The minimum atomic E-state index is -0.433. The molecule has 1 amide bonds. The van der Waals surface area contributed by atoms with E-state index in [0.717, 1.165) is 43.4 Å². The number of aliphatic hydroxyl groups is 1. The van der Waals surface area contributed by atoms with Gasteiger partial charge in [0.2, 0.25) is 0 Å². The fourth-order valence-electron chi connectivity index (χ4n) is 5.36. The van der Waals surface area contributed by atoms with E-state index in [4.69, 9.17) is 0 Å². The highest BCUT2D eigenvalue weighted by molar-refractivity contribution is 5.94. The molecule has 0 radical (unpaired) electrons. The zero-order valence-corrected chi connectivity index (χ0v) is 15.9. The van der Waals surface area contributed by atoms with E-state index in [1.54, 1.807) is 12.5 Å². The van der Waals surface area contributed by atoms with Gasteiger partial charge in [0, 0.05) is 31.2 Å². The normalized spacial score (nSPS) is 29.4. The van der Waals surface area contributed by atoms with Crippen LogP contribution in [0.25, 0.3) is 0 Å². The van der Waals surface area contributed by atoms with Crippen molar-refractivity contribution in [2.24, 2.45) is 11.8 Å². The van der Waals surface area contributed by atoms with Gasteiger partial charge in [0.25, 0.3) is 11.5 Å². The maximum atomic E-state index is 13.1. The van der Waals surface area contributed by atoms with E-state index < -0.39 is 6.10 Å². The molecule has 7 heteroatoms. The van der Waals surface area contributed by atoms with Gasteiger partial charge in [-0.3, -0.25) is 9.59 Å². The standard InChI is InChI=1S/C21H26N4O3/c26-19-9-15-11-25(10-14(15)8-18(19)24-6-5-22-12-24)21(28)16-7-13-3-1-2-4-17(13)23-20(16)27/h5-7,12,14-15,18-19,26H,1-4,8-11H2,(H,23,27)/t14-,15+,18-,19-/m1/s1. The highest BCUT2D eigenvalue weighted by atomic mass is 16.3. The fourth-order valence-corrected chi connectivity index (χ4v) is 5.36. The van der Waals surface area contributed by atoms with Gasteiger partial charge in [-0.25, -0.2) is 4.98 Å². The number of rotatable bonds is 2. The molecule has 148 valence electrons. The number of likely N-dealkylation sites (tertiary alicyclic amines) is 1. The molecule has 2 fully saturated rings. The molecule has 1 saturated carbocycles. The van der Waals surface area contributed by atoms with Crippen LogP contribution in [0.2, 0.25) is 0 Å². The second-order valence-electron chi connectivity index (χ2n) is 8.57. The van der Waals surface area contributed by atoms with Crippen LogP contribution >= 0.6 is 0 Å². The highest BCUT2D eigenvalue weighted by Gasteiger charge is 2.43. The lowest BCUT2D eigenvalue weighted by molar-refractivity contribution is 0.0357. The van der Waals surface area contributed by atoms with Crippen LogP contribution in [0, 0.1) is 11.8 Å². The number of imidazole rings is 1. The maximum absolute atomic E-state index is 13.1. The molecule has 28 heavy (non-hydrogen) atoms. The van der Waals surface area contributed by atoms with Crippen molar-refractivity contribution in [3.63, 3.8) is 0 Å². The van der Waals surface area contributed by atoms with Crippen LogP contribution < -0.4 is 5.56 Å². The van der Waals surface area contributed by atoms with Crippen molar-refractivity contribution in [3.05, 3.63) is 52.0 Å². The third-order valence-electron chi connectivity index (χ3n) is 6.87. The van der Waals surface area contributed by atoms with E-state index in [1.807, 2.05) is 21.7 Å². The molecule has 0 bridgehead atoms. The van der Waals surface area contributed by atoms with Crippen molar-refractivity contribution in [1.29, 1.82) is 0 Å². The first-order valence-electron chi connectivity index (χ1n) is 10.3. The van der Waals surface area contributed by atoms with Crippen LogP contribution in [-0.4, -0.2) is 49.6 Å². The molecule has 7 nitrogen and oxygen atoms in total. The van der Waals surface area contributed by atoms with Gasteiger partial charge < -0.3 is 19.6 Å². The van der Waals surface area contributed by atoms with Crippen molar-refractivity contribution in [3.8, 4) is 0 Å². The first-order valence-corrected chi connectivity index (χ1v) is 10.3. The number of pyridine rings is 1. The summed E-state index contributed by atoms with van der Waals surface area (Å²) < 4.78 is 1.97. The number of aliphatic hydroxyl groups excluding tert-OH is 1. The summed E-state index contributed by atoms with van der Waals surface area (Å²) in [5.41, 5.74) is 2.11. The Labute approximate surface area is 163 Å². The van der Waals surface area contributed by atoms with Crippen molar-refractivity contribution in [2.75, 3.05) is 13.1 Å². The summed E-state index contributed by atoms with van der Waals surface area (Å²) in [5.74, 6) is 0.463. The maximum Gasteiger partial charge on any atom is 0.261 e. The third-order valence-corrected chi connectivity index (χ3v) is 6.87. The smallest absolute Gasteiger partial charge is 0.261 e. The Morgan fingerprint density at radius 2 is 1.96 bits per heavy atom. The lowest BCUT2D eigenvalue weighted by Gasteiger charge is -2.35. The van der Waals surface area contributed by atoms with Gasteiger partial charge >= 0.3 is 0 Å². The number of hydrogen-bond donors (Lipinski definition) is 2. The highest BCUT2D eigenvalue weighted by Crippen LogP contribution is 2.41. The topological polar surface area (TPSA) is 91.2 Å². The third kappa shape index (κ3) is 2.98. The average molecular weight is 382 g/mol. The number of carbonyl (C=O) groups is 1. The summed E-state index contributed by atoms with van der Waals surface area (Å²) in [7, 11) is 0. The minimum Gasteiger partial charge on any atom is -0.391 e. The number of nitrogens with one attached hydrogen (secondary N) is 1. The Hall–Kier alpha value is -2.41. The number of carbonyl (C=O) groups excluding carboxylic acids is 1. The zero-order valence-electron chi connectivity index (χ0n) is 15.9. The van der Waals surface area contributed by atoms with Gasteiger partial charge in [-0.15, -0.1) is 0 Å². The van der Waals surface area contributed by atoms with E-state index >= 15 is 0 Å². The van der Waals surface area contributed by atoms with Crippen molar-refractivity contribution < 1.29 is 9.90 Å². The van der Waals surface area contributed by atoms with Gasteiger partial charge in [0.05, 0.1) is 18.5 Å². The van der Waals surface area contributed by atoms with E-state index in [-0.39, 0.29) is 29.0 Å². The van der Waals surface area contributed by atoms with Gasteiger partial charge in [-0.1, -0.05) is 0 Å². The number of aromatic amines is 1. The second kappa shape index (κ2) is 6.88. The first kappa shape index (κ1) is 17.7. The average Bonchev–Trinajstić information content (AvgIpc) is 3.35. The van der Waals surface area contributed by atoms with Crippen LogP contribution in [0.4, 0.5) is 0 Å². The molecule has 4 atom stereocenters. The summed E-state index contributed by atoms with van der Waals surface area (Å²) in [4.78, 5) is 34.5. The van der Waals surface area contributed by atoms with Crippen molar-refractivity contribution >= 4 is 5.91 Å². The van der Waals surface area contributed by atoms with Gasteiger partial charge in [-0.2, -0.15) is 0 Å². The Morgan fingerprint density at radius 1 is 1.18 bits per heavy atom. The number of nitrogens with zero attached hydrogens (tertiary/aromatic N) is 3. The molecule has 2 aromatic heterocycles. The molecule has 2 aromatic rings. The van der Waals surface area contributed by atoms with Gasteiger partial charge in [0.1, 0.15) is 5.56 Å². The molecule has 1 saturated heterocycles. The molecule has 5 rings (SSSR count). The minimum absolute atomic E-state index is 0.00551. The van der Waals surface area contributed by atoms with Crippen LogP contribution in [0.3, 0.4) is 0 Å². The fraction of sp³-hybridized carbons (Fsp3) is 0.571. The molecule has 2 N–H and O–H groups in total. The molecular weight excluding hydrogens is 356 g/mol. The SMILES string of the molecule is O=C(c1cc2c([nH]c1=O)CCCC2)N1C[C@H]2C[C@@H](n3ccnc3)[C@H](O)C[C@H]2C1. The van der Waals surface area contributed by atoms with Crippen LogP contribution in [-0.2, 0) is 12.8 Å². The number of hydrogen-bond acceptors (Lipinski definition) is 4. The quantitative estimate of drug-likeness (QED) is 0.824. The summed E-state index contributed by atoms with van der Waals surface area (Å²) >= 11 is 0. The molecule has 0 aromatic carbocycles. The first-order chi connectivity index (χ1) is 13.6. The van der Waals surface area contributed by atoms with E-state index in [0.29, 0.717) is 25.4 Å². The van der Waals surface area contributed by atoms with Crippen LogP contribution in [0.5, 0.6) is 0 Å². The monoisotopic (exact) mass is 382 g/mol. The largest absolute Gasteiger partial charge is 0.391 e. The number of aromatic nitrogens is 3. The Balaban J connectivity index is 1.35. The van der Waals surface area contributed by atoms with Gasteiger partial charge in [0.15, 0.2) is 0 Å². The molecule has 3 aliphatic rings. The molecule has 1 aliphatic heterocycles. The summed E-state index contributed by atoms with van der Waals surface area (Å²) in [5, 5.41) is 10.6. The van der Waals surface area contributed by atoms with E-state index in [2.05, 4.69) is 9.97 Å². The second-order valence-corrected chi connectivity index (χ2v) is 8.57. The zero-order chi connectivity index (χ0) is 19.3. The molecule has 2 aliphatic carbocycles.